The maximum absolute atomic E-state index is 10.7. The first-order valence-electron chi connectivity index (χ1n) is 4.34. The van der Waals surface area contributed by atoms with E-state index in [1.807, 2.05) is 6.92 Å². The van der Waals surface area contributed by atoms with Crippen LogP contribution in [0.4, 0.5) is 0 Å². The molecule has 1 atom stereocenters. The molecule has 12 heavy (non-hydrogen) atoms. The van der Waals surface area contributed by atoms with Crippen LogP contribution in [0.3, 0.4) is 0 Å². The van der Waals surface area contributed by atoms with Gasteiger partial charge in [-0.3, -0.25) is 9.63 Å². The molecule has 1 rings (SSSR count). The van der Waals surface area contributed by atoms with Gasteiger partial charge >= 0.3 is 5.97 Å². The highest BCUT2D eigenvalue weighted by molar-refractivity contribution is 5.70. The molecule has 1 N–H and O–H groups in total. The fourth-order valence-corrected chi connectivity index (χ4v) is 1.34. The highest BCUT2D eigenvalue weighted by Gasteiger charge is 2.23. The predicted molar refractivity (Wildman–Crippen MR) is 43.6 cm³/mol. The van der Waals surface area contributed by atoms with Crippen LogP contribution in [0.2, 0.25) is 0 Å². The first kappa shape index (κ1) is 9.48. The summed E-state index contributed by atoms with van der Waals surface area (Å²) in [6.07, 6.45) is 1.57. The van der Waals surface area contributed by atoms with Crippen LogP contribution in [0.1, 0.15) is 19.8 Å². The van der Waals surface area contributed by atoms with Gasteiger partial charge in [-0.2, -0.15) is 5.06 Å². The highest BCUT2D eigenvalue weighted by Crippen LogP contribution is 2.14. The van der Waals surface area contributed by atoms with E-state index in [4.69, 9.17) is 9.94 Å². The normalized spacial score (nSPS) is 26.6. The SMILES string of the molecule is CCN1CC(C(=O)O)CCCO1. The standard InChI is InChI=1S/C8H15NO3/c1-2-9-6-7(8(10)11)4-3-5-12-9/h7H,2-6H2,1H3,(H,10,11). The monoisotopic (exact) mass is 173 g/mol. The van der Waals surface area contributed by atoms with Gasteiger partial charge in [0.15, 0.2) is 0 Å². The number of carboxylic acids is 1. The lowest BCUT2D eigenvalue weighted by atomic mass is 10.0. The van der Waals surface area contributed by atoms with Crippen LogP contribution in [0.15, 0.2) is 0 Å². The maximum atomic E-state index is 10.7. The third-order valence-corrected chi connectivity index (χ3v) is 2.10. The fourth-order valence-electron chi connectivity index (χ4n) is 1.34. The van der Waals surface area contributed by atoms with Gasteiger partial charge in [0.1, 0.15) is 0 Å². The number of hydrogen-bond donors (Lipinski definition) is 1. The fraction of sp³-hybridized carbons (Fsp3) is 0.875. The van der Waals surface area contributed by atoms with Crippen LogP contribution >= 0.6 is 0 Å². The Bertz CT molecular complexity index is 160. The minimum atomic E-state index is -0.709. The molecule has 4 nitrogen and oxygen atoms in total. The zero-order valence-electron chi connectivity index (χ0n) is 7.32. The van der Waals surface area contributed by atoms with Crippen LogP contribution in [0, 0.1) is 5.92 Å². The van der Waals surface area contributed by atoms with E-state index in [0.29, 0.717) is 13.2 Å². The Morgan fingerprint density at radius 1 is 1.75 bits per heavy atom. The van der Waals surface area contributed by atoms with E-state index in [9.17, 15) is 4.79 Å². The topological polar surface area (TPSA) is 49.8 Å². The quantitative estimate of drug-likeness (QED) is 0.669. The van der Waals surface area contributed by atoms with E-state index < -0.39 is 5.97 Å². The molecule has 70 valence electrons. The van der Waals surface area contributed by atoms with E-state index in [0.717, 1.165) is 19.4 Å². The van der Waals surface area contributed by atoms with E-state index in [1.54, 1.807) is 5.06 Å². The van der Waals surface area contributed by atoms with Crippen molar-refractivity contribution in [3.63, 3.8) is 0 Å². The summed E-state index contributed by atoms with van der Waals surface area (Å²) in [5.74, 6) is -0.966. The average molecular weight is 173 g/mol. The molecule has 1 aliphatic rings. The molecule has 0 aromatic carbocycles. The van der Waals surface area contributed by atoms with Gasteiger partial charge in [-0.1, -0.05) is 6.92 Å². The molecule has 0 saturated carbocycles. The molecule has 0 aliphatic carbocycles. The molecule has 1 heterocycles. The Morgan fingerprint density at radius 3 is 3.08 bits per heavy atom. The summed E-state index contributed by atoms with van der Waals surface area (Å²) in [6.45, 7) is 3.89. The van der Waals surface area contributed by atoms with Gasteiger partial charge in [-0.05, 0) is 12.8 Å². The summed E-state index contributed by atoms with van der Waals surface area (Å²) < 4.78 is 0. The molecule has 4 heteroatoms. The second-order valence-corrected chi connectivity index (χ2v) is 2.99. The van der Waals surface area contributed by atoms with E-state index in [1.165, 1.54) is 0 Å². The Morgan fingerprint density at radius 2 is 2.50 bits per heavy atom. The Hall–Kier alpha value is -0.610. The summed E-state index contributed by atoms with van der Waals surface area (Å²) in [7, 11) is 0. The van der Waals surface area contributed by atoms with Crippen molar-refractivity contribution in [3.05, 3.63) is 0 Å². The predicted octanol–water partition coefficient (Wildman–Crippen LogP) is 0.734. The molecule has 0 amide bonds. The largest absolute Gasteiger partial charge is 0.481 e. The van der Waals surface area contributed by atoms with Crippen molar-refractivity contribution < 1.29 is 14.7 Å². The number of carboxylic acid groups (broad SMARTS) is 1. The molecular formula is C8H15NO3. The van der Waals surface area contributed by atoms with E-state index in [2.05, 4.69) is 0 Å². The minimum absolute atomic E-state index is 0.257. The number of aliphatic carboxylic acids is 1. The van der Waals surface area contributed by atoms with Crippen molar-refractivity contribution in [1.82, 2.24) is 5.06 Å². The van der Waals surface area contributed by atoms with E-state index >= 15 is 0 Å². The lowest BCUT2D eigenvalue weighted by molar-refractivity contribution is -0.162. The number of hydroxylamine groups is 2. The molecule has 0 bridgehead atoms. The molecule has 1 unspecified atom stereocenters. The summed E-state index contributed by atoms with van der Waals surface area (Å²) in [6, 6.07) is 0. The number of hydrogen-bond acceptors (Lipinski definition) is 3. The lowest BCUT2D eigenvalue weighted by Gasteiger charge is -2.18. The average Bonchev–Trinajstić information content (AvgIpc) is 2.28. The Labute approximate surface area is 72.1 Å². The van der Waals surface area contributed by atoms with Gasteiger partial charge in [0.2, 0.25) is 0 Å². The van der Waals surface area contributed by atoms with Gasteiger partial charge in [0.05, 0.1) is 12.5 Å². The van der Waals surface area contributed by atoms with Gasteiger partial charge in [0, 0.05) is 13.1 Å². The van der Waals surface area contributed by atoms with Gasteiger partial charge in [-0.15, -0.1) is 0 Å². The molecular weight excluding hydrogens is 158 g/mol. The summed E-state index contributed by atoms with van der Waals surface area (Å²) in [5.41, 5.74) is 0. The van der Waals surface area contributed by atoms with E-state index in [-0.39, 0.29) is 5.92 Å². The van der Waals surface area contributed by atoms with Gasteiger partial charge in [-0.25, -0.2) is 0 Å². The lowest BCUT2D eigenvalue weighted by Crippen LogP contribution is -2.30. The number of rotatable bonds is 2. The van der Waals surface area contributed by atoms with Crippen molar-refractivity contribution in [2.24, 2.45) is 5.92 Å². The van der Waals surface area contributed by atoms with Crippen LogP contribution in [0.5, 0.6) is 0 Å². The Kier molecular flexibility index (Phi) is 3.49. The van der Waals surface area contributed by atoms with Crippen molar-refractivity contribution in [1.29, 1.82) is 0 Å². The molecule has 1 aliphatic heterocycles. The molecule has 1 saturated heterocycles. The first-order valence-corrected chi connectivity index (χ1v) is 4.34. The van der Waals surface area contributed by atoms with Crippen molar-refractivity contribution in [2.75, 3.05) is 19.7 Å². The summed E-state index contributed by atoms with van der Waals surface area (Å²) in [5, 5.41) is 10.5. The second-order valence-electron chi connectivity index (χ2n) is 2.99. The smallest absolute Gasteiger partial charge is 0.307 e. The van der Waals surface area contributed by atoms with Crippen molar-refractivity contribution in [2.45, 2.75) is 19.8 Å². The third kappa shape index (κ3) is 2.46. The van der Waals surface area contributed by atoms with Gasteiger partial charge in [0.25, 0.3) is 0 Å². The minimum Gasteiger partial charge on any atom is -0.481 e. The number of nitrogens with zero attached hydrogens (tertiary/aromatic N) is 1. The molecule has 0 aromatic heterocycles. The molecule has 1 fully saturated rings. The van der Waals surface area contributed by atoms with Crippen LogP contribution in [0.25, 0.3) is 0 Å². The second kappa shape index (κ2) is 4.42. The van der Waals surface area contributed by atoms with Crippen LogP contribution in [-0.4, -0.2) is 35.8 Å². The molecule has 0 radical (unpaired) electrons. The van der Waals surface area contributed by atoms with Crippen molar-refractivity contribution >= 4 is 5.97 Å². The summed E-state index contributed by atoms with van der Waals surface area (Å²) >= 11 is 0. The zero-order chi connectivity index (χ0) is 8.97. The van der Waals surface area contributed by atoms with Crippen LogP contribution in [-0.2, 0) is 9.63 Å². The van der Waals surface area contributed by atoms with Gasteiger partial charge < -0.3 is 5.11 Å². The van der Waals surface area contributed by atoms with Crippen LogP contribution < -0.4 is 0 Å². The zero-order valence-corrected chi connectivity index (χ0v) is 7.32. The molecule has 0 spiro atoms. The third-order valence-electron chi connectivity index (χ3n) is 2.10. The highest BCUT2D eigenvalue weighted by atomic mass is 16.7. The van der Waals surface area contributed by atoms with Crippen molar-refractivity contribution in [3.8, 4) is 0 Å². The summed E-state index contributed by atoms with van der Waals surface area (Å²) in [4.78, 5) is 16.0. The maximum Gasteiger partial charge on any atom is 0.307 e. The number of carbonyl (C=O) groups is 1. The molecule has 0 aromatic rings. The Balaban J connectivity index is 2.47. The first-order chi connectivity index (χ1) is 5.74.